The van der Waals surface area contributed by atoms with Crippen LogP contribution in [0.1, 0.15) is 21.1 Å². The summed E-state index contributed by atoms with van der Waals surface area (Å²) in [5, 5.41) is 9.27. The molecule has 1 N–H and O–H groups in total. The predicted molar refractivity (Wildman–Crippen MR) is 67.4 cm³/mol. The highest BCUT2D eigenvalue weighted by Crippen LogP contribution is 2.23. The summed E-state index contributed by atoms with van der Waals surface area (Å²) in [6, 6.07) is 6.58. The summed E-state index contributed by atoms with van der Waals surface area (Å²) in [5.74, 6) is -1.15. The van der Waals surface area contributed by atoms with E-state index < -0.39 is 5.97 Å². The standard InChI is InChI=1S/C13H12FNO2S/c1-8-11(18-12(15-8)7-13(16)17)6-9-4-2-3-5-10(9)14/h2-5H,6-7H2,1H3,(H,16,17). The minimum atomic E-state index is -0.902. The van der Waals surface area contributed by atoms with Gasteiger partial charge in [0.15, 0.2) is 0 Å². The lowest BCUT2D eigenvalue weighted by atomic mass is 10.1. The van der Waals surface area contributed by atoms with Gasteiger partial charge in [-0.2, -0.15) is 0 Å². The molecule has 1 aromatic heterocycles. The van der Waals surface area contributed by atoms with Gasteiger partial charge in [-0.3, -0.25) is 4.79 Å². The Kier molecular flexibility index (Phi) is 3.72. The molecule has 0 spiro atoms. The zero-order valence-electron chi connectivity index (χ0n) is 9.81. The maximum atomic E-state index is 13.5. The Morgan fingerprint density at radius 3 is 2.83 bits per heavy atom. The topological polar surface area (TPSA) is 50.2 Å². The number of hydrogen-bond acceptors (Lipinski definition) is 3. The fourth-order valence-electron chi connectivity index (χ4n) is 1.67. The first kappa shape index (κ1) is 12.7. The van der Waals surface area contributed by atoms with Crippen molar-refractivity contribution >= 4 is 17.3 Å². The molecule has 3 nitrogen and oxygen atoms in total. The van der Waals surface area contributed by atoms with Gasteiger partial charge in [-0.05, 0) is 18.6 Å². The largest absolute Gasteiger partial charge is 0.481 e. The lowest BCUT2D eigenvalue weighted by Crippen LogP contribution is -1.98. The van der Waals surface area contributed by atoms with E-state index in [9.17, 15) is 9.18 Å². The Morgan fingerprint density at radius 1 is 1.44 bits per heavy atom. The van der Waals surface area contributed by atoms with Crippen LogP contribution in [-0.4, -0.2) is 16.1 Å². The number of nitrogens with zero attached hydrogens (tertiary/aromatic N) is 1. The smallest absolute Gasteiger partial charge is 0.310 e. The highest BCUT2D eigenvalue weighted by Gasteiger charge is 2.12. The Labute approximate surface area is 108 Å². The number of thiazole rings is 1. The molecule has 0 bridgehead atoms. The number of aliphatic carboxylic acids is 1. The predicted octanol–water partition coefficient (Wildman–Crippen LogP) is 2.81. The number of halogens is 1. The summed E-state index contributed by atoms with van der Waals surface area (Å²) >= 11 is 1.33. The van der Waals surface area contributed by atoms with Crippen molar-refractivity contribution in [2.24, 2.45) is 0 Å². The van der Waals surface area contributed by atoms with Crippen molar-refractivity contribution < 1.29 is 14.3 Å². The van der Waals surface area contributed by atoms with Crippen LogP contribution in [-0.2, 0) is 17.6 Å². The van der Waals surface area contributed by atoms with Gasteiger partial charge in [-0.15, -0.1) is 11.3 Å². The van der Waals surface area contributed by atoms with E-state index in [0.29, 0.717) is 17.0 Å². The first-order valence-corrected chi connectivity index (χ1v) is 6.28. The molecule has 0 unspecified atom stereocenters. The molecule has 94 valence electrons. The van der Waals surface area contributed by atoms with Crippen LogP contribution >= 0.6 is 11.3 Å². The van der Waals surface area contributed by atoms with Crippen molar-refractivity contribution in [2.45, 2.75) is 19.8 Å². The van der Waals surface area contributed by atoms with Crippen LogP contribution < -0.4 is 0 Å². The number of carboxylic acid groups (broad SMARTS) is 1. The zero-order valence-corrected chi connectivity index (χ0v) is 10.6. The van der Waals surface area contributed by atoms with Crippen molar-refractivity contribution in [1.29, 1.82) is 0 Å². The monoisotopic (exact) mass is 265 g/mol. The van der Waals surface area contributed by atoms with Crippen LogP contribution in [0.25, 0.3) is 0 Å². The van der Waals surface area contributed by atoms with Crippen molar-refractivity contribution in [3.63, 3.8) is 0 Å². The SMILES string of the molecule is Cc1nc(CC(=O)O)sc1Cc1ccccc1F. The number of carboxylic acids is 1. The lowest BCUT2D eigenvalue weighted by Gasteiger charge is -2.00. The van der Waals surface area contributed by atoms with Crippen LogP contribution in [0.4, 0.5) is 4.39 Å². The summed E-state index contributed by atoms with van der Waals surface area (Å²) in [6.45, 7) is 1.82. The fourth-order valence-corrected chi connectivity index (χ4v) is 2.76. The average Bonchev–Trinajstić information content (AvgIpc) is 2.61. The van der Waals surface area contributed by atoms with Gasteiger partial charge in [0.05, 0.1) is 12.1 Å². The van der Waals surface area contributed by atoms with Crippen molar-refractivity contribution in [1.82, 2.24) is 4.98 Å². The third kappa shape index (κ3) is 2.92. The van der Waals surface area contributed by atoms with E-state index in [0.717, 1.165) is 10.6 Å². The molecule has 0 amide bonds. The van der Waals surface area contributed by atoms with E-state index in [1.807, 2.05) is 6.92 Å². The van der Waals surface area contributed by atoms with Crippen LogP contribution in [0.5, 0.6) is 0 Å². The maximum Gasteiger partial charge on any atom is 0.310 e. The lowest BCUT2D eigenvalue weighted by molar-refractivity contribution is -0.136. The van der Waals surface area contributed by atoms with E-state index in [4.69, 9.17) is 5.11 Å². The first-order valence-electron chi connectivity index (χ1n) is 5.46. The molecule has 0 radical (unpaired) electrons. The maximum absolute atomic E-state index is 13.5. The van der Waals surface area contributed by atoms with Crippen molar-refractivity contribution in [3.05, 3.63) is 51.2 Å². The van der Waals surface area contributed by atoms with Crippen molar-refractivity contribution in [3.8, 4) is 0 Å². The molecule has 0 atom stereocenters. The van der Waals surface area contributed by atoms with Crippen LogP contribution in [0.15, 0.2) is 24.3 Å². The molecule has 0 aliphatic heterocycles. The van der Waals surface area contributed by atoms with Gasteiger partial charge in [0.2, 0.25) is 0 Å². The highest BCUT2D eigenvalue weighted by molar-refractivity contribution is 7.11. The molecule has 2 aromatic rings. The summed E-state index contributed by atoms with van der Waals surface area (Å²) < 4.78 is 13.5. The molecule has 0 fully saturated rings. The summed E-state index contributed by atoms with van der Waals surface area (Å²) in [6.07, 6.45) is 0.374. The Hall–Kier alpha value is -1.75. The molecular formula is C13H12FNO2S. The summed E-state index contributed by atoms with van der Waals surface area (Å²) in [5.41, 5.74) is 1.38. The Balaban J connectivity index is 2.22. The van der Waals surface area contributed by atoms with Gasteiger partial charge in [0.25, 0.3) is 0 Å². The van der Waals surface area contributed by atoms with E-state index in [1.54, 1.807) is 18.2 Å². The second kappa shape index (κ2) is 5.27. The molecule has 5 heteroatoms. The molecule has 0 saturated carbocycles. The molecular weight excluding hydrogens is 253 g/mol. The Morgan fingerprint density at radius 2 is 2.17 bits per heavy atom. The highest BCUT2D eigenvalue weighted by atomic mass is 32.1. The molecule has 0 aliphatic rings. The Bertz CT molecular complexity index is 580. The molecule has 0 saturated heterocycles. The second-order valence-corrected chi connectivity index (χ2v) is 5.12. The first-order chi connectivity index (χ1) is 8.56. The van der Waals surface area contributed by atoms with Gasteiger partial charge < -0.3 is 5.11 Å². The number of carbonyl (C=O) groups is 1. The van der Waals surface area contributed by atoms with Gasteiger partial charge in [-0.25, -0.2) is 9.37 Å². The number of aryl methyl sites for hydroxylation is 1. The third-order valence-electron chi connectivity index (χ3n) is 2.55. The van der Waals surface area contributed by atoms with E-state index in [-0.39, 0.29) is 12.2 Å². The van der Waals surface area contributed by atoms with Gasteiger partial charge in [-0.1, -0.05) is 18.2 Å². The van der Waals surface area contributed by atoms with Crippen LogP contribution in [0, 0.1) is 12.7 Å². The van der Waals surface area contributed by atoms with Crippen molar-refractivity contribution in [2.75, 3.05) is 0 Å². The quantitative estimate of drug-likeness (QED) is 0.924. The number of rotatable bonds is 4. The van der Waals surface area contributed by atoms with Gasteiger partial charge in [0.1, 0.15) is 10.8 Å². The third-order valence-corrected chi connectivity index (χ3v) is 3.71. The van der Waals surface area contributed by atoms with Crippen LogP contribution in [0.2, 0.25) is 0 Å². The molecule has 2 rings (SSSR count). The molecule has 1 heterocycles. The van der Waals surface area contributed by atoms with Gasteiger partial charge in [0, 0.05) is 11.3 Å². The summed E-state index contributed by atoms with van der Waals surface area (Å²) in [4.78, 5) is 15.7. The number of benzene rings is 1. The average molecular weight is 265 g/mol. The van der Waals surface area contributed by atoms with Gasteiger partial charge >= 0.3 is 5.97 Å². The number of aromatic nitrogens is 1. The number of hydrogen-bond donors (Lipinski definition) is 1. The summed E-state index contributed by atoms with van der Waals surface area (Å²) in [7, 11) is 0. The normalized spacial score (nSPS) is 10.6. The second-order valence-electron chi connectivity index (χ2n) is 3.95. The molecule has 0 aliphatic carbocycles. The minimum Gasteiger partial charge on any atom is -0.481 e. The van der Waals surface area contributed by atoms with E-state index in [1.165, 1.54) is 17.4 Å². The zero-order chi connectivity index (χ0) is 13.1. The van der Waals surface area contributed by atoms with Crippen LogP contribution in [0.3, 0.4) is 0 Å². The van der Waals surface area contributed by atoms with E-state index >= 15 is 0 Å². The molecule has 18 heavy (non-hydrogen) atoms. The molecule has 1 aromatic carbocycles. The minimum absolute atomic E-state index is 0.0806. The van der Waals surface area contributed by atoms with E-state index in [2.05, 4.69) is 4.98 Å². The fraction of sp³-hybridized carbons (Fsp3) is 0.231.